The van der Waals surface area contributed by atoms with Crippen LogP contribution in [0.25, 0.3) is 0 Å². The molecule has 1 saturated heterocycles. The summed E-state index contributed by atoms with van der Waals surface area (Å²) in [4.78, 5) is 3.87. The molecule has 0 bridgehead atoms. The van der Waals surface area contributed by atoms with Crippen LogP contribution in [-0.4, -0.2) is 43.5 Å². The number of pyridine rings is 1. The molecule has 0 radical (unpaired) electrons. The van der Waals surface area contributed by atoms with Gasteiger partial charge in [0, 0.05) is 26.0 Å². The van der Waals surface area contributed by atoms with Crippen molar-refractivity contribution in [1.29, 1.82) is 0 Å². The molecule has 18 heavy (non-hydrogen) atoms. The van der Waals surface area contributed by atoms with Crippen molar-refractivity contribution in [3.63, 3.8) is 0 Å². The quantitative estimate of drug-likeness (QED) is 0.863. The molecule has 0 spiro atoms. The summed E-state index contributed by atoms with van der Waals surface area (Å²) >= 11 is 0. The van der Waals surface area contributed by atoms with E-state index >= 15 is 0 Å². The van der Waals surface area contributed by atoms with Gasteiger partial charge in [-0.1, -0.05) is 0 Å². The van der Waals surface area contributed by atoms with Gasteiger partial charge in [-0.15, -0.1) is 0 Å². The number of anilines is 1. The average molecular weight is 271 g/mol. The lowest BCUT2D eigenvalue weighted by Crippen LogP contribution is -2.41. The first-order valence-electron chi connectivity index (χ1n) is 5.73. The Bertz CT molecular complexity index is 532. The highest BCUT2D eigenvalue weighted by Gasteiger charge is 2.36. The Kier molecular flexibility index (Phi) is 3.56. The molecule has 0 saturated carbocycles. The first-order chi connectivity index (χ1) is 8.44. The second-order valence-corrected chi connectivity index (χ2v) is 6.33. The van der Waals surface area contributed by atoms with Crippen molar-refractivity contribution >= 4 is 15.7 Å². The smallest absolute Gasteiger partial charge is 0.246 e. The zero-order valence-electron chi connectivity index (χ0n) is 10.4. The van der Waals surface area contributed by atoms with E-state index in [1.54, 1.807) is 7.05 Å². The number of ether oxygens (including phenoxy) is 1. The first-order valence-corrected chi connectivity index (χ1v) is 7.17. The summed E-state index contributed by atoms with van der Waals surface area (Å²) in [7, 11) is -2.07. The summed E-state index contributed by atoms with van der Waals surface area (Å²) in [6.07, 6.45) is 3.33. The van der Waals surface area contributed by atoms with Gasteiger partial charge in [-0.05, 0) is 19.4 Å². The van der Waals surface area contributed by atoms with Crippen molar-refractivity contribution in [3.8, 4) is 0 Å². The van der Waals surface area contributed by atoms with Gasteiger partial charge < -0.3 is 10.5 Å². The van der Waals surface area contributed by atoms with Crippen molar-refractivity contribution in [3.05, 3.63) is 18.5 Å². The minimum absolute atomic E-state index is 0.0478. The molecule has 2 N–H and O–H groups in total. The van der Waals surface area contributed by atoms with Crippen LogP contribution in [0.1, 0.15) is 13.3 Å². The lowest BCUT2D eigenvalue weighted by atomic mass is 10.2. The molecule has 0 aromatic carbocycles. The summed E-state index contributed by atoms with van der Waals surface area (Å²) in [5.74, 6) is 0. The molecule has 6 nitrogen and oxygen atoms in total. The van der Waals surface area contributed by atoms with E-state index in [1.807, 2.05) is 6.92 Å². The fourth-order valence-corrected chi connectivity index (χ4v) is 3.64. The monoisotopic (exact) mass is 271 g/mol. The highest BCUT2D eigenvalue weighted by molar-refractivity contribution is 7.89. The summed E-state index contributed by atoms with van der Waals surface area (Å²) in [6, 6.07) is 1.32. The van der Waals surface area contributed by atoms with E-state index in [9.17, 15) is 8.42 Å². The Balaban J connectivity index is 2.34. The highest BCUT2D eigenvalue weighted by atomic mass is 32.2. The van der Waals surface area contributed by atoms with Gasteiger partial charge in [-0.2, -0.15) is 4.31 Å². The van der Waals surface area contributed by atoms with Crippen LogP contribution in [0.15, 0.2) is 23.4 Å². The molecular formula is C11H17N3O3S. The number of aromatic nitrogens is 1. The minimum Gasteiger partial charge on any atom is -0.398 e. The van der Waals surface area contributed by atoms with E-state index in [0.29, 0.717) is 13.0 Å². The van der Waals surface area contributed by atoms with E-state index in [1.165, 1.54) is 22.8 Å². The van der Waals surface area contributed by atoms with Gasteiger partial charge in [0.2, 0.25) is 10.0 Å². The van der Waals surface area contributed by atoms with Crippen LogP contribution in [0.4, 0.5) is 5.69 Å². The van der Waals surface area contributed by atoms with Gasteiger partial charge in [0.1, 0.15) is 4.90 Å². The molecule has 2 heterocycles. The average Bonchev–Trinajstić information content (AvgIpc) is 2.74. The predicted octanol–water partition coefficient (Wildman–Crippen LogP) is 0.462. The highest BCUT2D eigenvalue weighted by Crippen LogP contribution is 2.26. The van der Waals surface area contributed by atoms with E-state index in [2.05, 4.69) is 4.98 Å². The predicted molar refractivity (Wildman–Crippen MR) is 67.4 cm³/mol. The lowest BCUT2D eigenvalue weighted by Gasteiger charge is -2.26. The van der Waals surface area contributed by atoms with Crippen LogP contribution in [-0.2, 0) is 14.8 Å². The lowest BCUT2D eigenvalue weighted by molar-refractivity contribution is 0.102. The summed E-state index contributed by atoms with van der Waals surface area (Å²) < 4.78 is 31.6. The maximum absolute atomic E-state index is 12.4. The Morgan fingerprint density at radius 1 is 1.56 bits per heavy atom. The topological polar surface area (TPSA) is 85.5 Å². The number of rotatable bonds is 3. The molecule has 0 amide bonds. The first kappa shape index (κ1) is 13.3. The zero-order valence-corrected chi connectivity index (χ0v) is 11.2. The zero-order chi connectivity index (χ0) is 13.3. The fourth-order valence-electron chi connectivity index (χ4n) is 2.14. The molecule has 1 aliphatic heterocycles. The molecule has 100 valence electrons. The Labute approximate surface area is 107 Å². The summed E-state index contributed by atoms with van der Waals surface area (Å²) in [6.45, 7) is 2.45. The maximum Gasteiger partial charge on any atom is 0.246 e. The normalized spacial score (nSPS) is 24.6. The molecule has 1 aliphatic rings. The van der Waals surface area contributed by atoms with E-state index in [-0.39, 0.29) is 22.7 Å². The van der Waals surface area contributed by atoms with Crippen LogP contribution in [0.5, 0.6) is 0 Å². The Hall–Kier alpha value is -1.18. The third-order valence-corrected chi connectivity index (χ3v) is 5.20. The van der Waals surface area contributed by atoms with Gasteiger partial charge in [0.15, 0.2) is 0 Å². The number of nitrogens with zero attached hydrogens (tertiary/aromatic N) is 2. The maximum atomic E-state index is 12.4. The minimum atomic E-state index is -3.62. The molecule has 0 aliphatic carbocycles. The molecule has 2 rings (SSSR count). The third kappa shape index (κ3) is 2.21. The van der Waals surface area contributed by atoms with Crippen molar-refractivity contribution in [2.75, 3.05) is 19.4 Å². The Morgan fingerprint density at radius 2 is 2.28 bits per heavy atom. The largest absolute Gasteiger partial charge is 0.398 e. The van der Waals surface area contributed by atoms with Crippen LogP contribution in [0.2, 0.25) is 0 Å². The summed E-state index contributed by atoms with van der Waals surface area (Å²) in [5, 5.41) is 0. The number of nitrogen functional groups attached to an aromatic ring is 1. The van der Waals surface area contributed by atoms with E-state index in [4.69, 9.17) is 10.5 Å². The van der Waals surface area contributed by atoms with Crippen LogP contribution < -0.4 is 5.73 Å². The second kappa shape index (κ2) is 4.83. The van der Waals surface area contributed by atoms with Gasteiger partial charge in [-0.25, -0.2) is 8.42 Å². The Morgan fingerprint density at radius 3 is 2.83 bits per heavy atom. The number of nitrogens with two attached hydrogens (primary N) is 1. The van der Waals surface area contributed by atoms with Crippen LogP contribution in [0, 0.1) is 0 Å². The fraction of sp³-hybridized carbons (Fsp3) is 0.545. The van der Waals surface area contributed by atoms with Crippen molar-refractivity contribution in [1.82, 2.24) is 9.29 Å². The van der Waals surface area contributed by atoms with Gasteiger partial charge in [0.25, 0.3) is 0 Å². The standard InChI is InChI=1S/C11H17N3O3S/c1-8-10(4-6-17-8)14(2)18(15,16)11-7-13-5-3-9(11)12/h3,5,7-8,10H,4,6H2,1-2H3,(H2,12,13). The SMILES string of the molecule is CC1OCCC1N(C)S(=O)(=O)c1cnccc1N. The molecule has 7 heteroatoms. The molecular weight excluding hydrogens is 254 g/mol. The molecule has 2 atom stereocenters. The van der Waals surface area contributed by atoms with Crippen molar-refractivity contribution in [2.45, 2.75) is 30.4 Å². The van der Waals surface area contributed by atoms with Gasteiger partial charge in [-0.3, -0.25) is 4.98 Å². The van der Waals surface area contributed by atoms with Gasteiger partial charge in [0.05, 0.1) is 17.8 Å². The second-order valence-electron chi connectivity index (χ2n) is 4.37. The van der Waals surface area contributed by atoms with Crippen LogP contribution in [0.3, 0.4) is 0 Å². The van der Waals surface area contributed by atoms with Gasteiger partial charge >= 0.3 is 0 Å². The molecule has 1 fully saturated rings. The van der Waals surface area contributed by atoms with E-state index < -0.39 is 10.0 Å². The number of hydrogen-bond acceptors (Lipinski definition) is 5. The molecule has 1 aromatic heterocycles. The molecule has 2 unspecified atom stereocenters. The van der Waals surface area contributed by atoms with Crippen LogP contribution >= 0.6 is 0 Å². The summed E-state index contributed by atoms with van der Waals surface area (Å²) in [5.41, 5.74) is 5.91. The van der Waals surface area contributed by atoms with E-state index in [0.717, 1.165) is 0 Å². The number of likely N-dealkylation sites (N-methyl/N-ethyl adjacent to an activating group) is 1. The third-order valence-electron chi connectivity index (χ3n) is 3.28. The van der Waals surface area contributed by atoms with Crippen molar-refractivity contribution < 1.29 is 13.2 Å². The number of hydrogen-bond donors (Lipinski definition) is 1. The number of sulfonamides is 1. The van der Waals surface area contributed by atoms with Crippen molar-refractivity contribution in [2.24, 2.45) is 0 Å². The molecule has 1 aromatic rings.